The van der Waals surface area contributed by atoms with Crippen molar-refractivity contribution < 1.29 is 27.4 Å². The minimum Gasteiger partial charge on any atom is -0.490 e. The van der Waals surface area contributed by atoms with Crippen LogP contribution < -0.4 is 14.8 Å². The summed E-state index contributed by atoms with van der Waals surface area (Å²) in [5, 5.41) is 3.71. The summed E-state index contributed by atoms with van der Waals surface area (Å²) in [5.41, 5.74) is 0.267. The van der Waals surface area contributed by atoms with Crippen LogP contribution in [0.25, 0.3) is 0 Å². The van der Waals surface area contributed by atoms with Gasteiger partial charge in [-0.2, -0.15) is 0 Å². The molecular weight excluding hydrogens is 456 g/mol. The van der Waals surface area contributed by atoms with Crippen LogP contribution in [0, 0.1) is 0 Å². The van der Waals surface area contributed by atoms with Gasteiger partial charge in [-0.15, -0.1) is 13.2 Å². The van der Waals surface area contributed by atoms with E-state index in [2.05, 4.69) is 15.0 Å². The van der Waals surface area contributed by atoms with Crippen LogP contribution in [0.5, 0.6) is 11.5 Å². The summed E-state index contributed by atoms with van der Waals surface area (Å²) in [6.07, 6.45) is -2.99. The van der Waals surface area contributed by atoms with E-state index in [1.807, 2.05) is 0 Å². The smallest absolute Gasteiger partial charge is 0.490 e. The molecule has 3 rings (SSSR count). The van der Waals surface area contributed by atoms with Crippen LogP contribution in [-0.2, 0) is 0 Å². The normalized spacial score (nSPS) is 15.5. The number of nitrogens with one attached hydrogen (secondary N) is 1. The molecule has 1 aliphatic heterocycles. The summed E-state index contributed by atoms with van der Waals surface area (Å²) in [7, 11) is 0. The van der Waals surface area contributed by atoms with E-state index < -0.39 is 6.36 Å². The highest BCUT2D eigenvalue weighted by Gasteiger charge is 2.31. The van der Waals surface area contributed by atoms with E-state index in [1.165, 1.54) is 12.1 Å². The highest BCUT2D eigenvalue weighted by molar-refractivity contribution is 6.42. The van der Waals surface area contributed by atoms with Crippen molar-refractivity contribution in [3.63, 3.8) is 0 Å². The SMILES string of the molecule is O=C(NCCN1CCC(Oc2ccc(Cl)c(Cl)c2)CC1)c1ccc(OC(F)(F)F)cc1. The molecule has 0 aromatic heterocycles. The third-order valence-electron chi connectivity index (χ3n) is 4.79. The topological polar surface area (TPSA) is 50.8 Å². The van der Waals surface area contributed by atoms with E-state index in [-0.39, 0.29) is 23.3 Å². The number of carbonyl (C=O) groups excluding carboxylic acids is 1. The summed E-state index contributed by atoms with van der Waals surface area (Å²) >= 11 is 11.9. The van der Waals surface area contributed by atoms with Crippen molar-refractivity contribution in [1.29, 1.82) is 0 Å². The fourth-order valence-electron chi connectivity index (χ4n) is 3.23. The molecule has 2 aromatic carbocycles. The number of ether oxygens (including phenoxy) is 2. The van der Waals surface area contributed by atoms with Crippen molar-refractivity contribution in [2.75, 3.05) is 26.2 Å². The third kappa shape index (κ3) is 7.48. The van der Waals surface area contributed by atoms with Crippen molar-refractivity contribution >= 4 is 29.1 Å². The molecule has 0 bridgehead atoms. The molecule has 1 aliphatic rings. The standard InChI is InChI=1S/C21H21Cl2F3N2O3/c22-18-6-5-17(13-19(18)23)30-15-7-10-28(11-8-15)12-9-27-20(29)14-1-3-16(4-2-14)31-21(24,25)26/h1-6,13,15H,7-12H2,(H,27,29). The Kier molecular flexibility index (Phi) is 7.91. The van der Waals surface area contributed by atoms with Gasteiger partial charge in [-0.1, -0.05) is 23.2 Å². The molecule has 0 aliphatic carbocycles. The Morgan fingerprint density at radius 2 is 1.68 bits per heavy atom. The molecule has 168 valence electrons. The van der Waals surface area contributed by atoms with Crippen molar-refractivity contribution in [3.05, 3.63) is 58.1 Å². The zero-order valence-electron chi connectivity index (χ0n) is 16.4. The molecule has 5 nitrogen and oxygen atoms in total. The highest BCUT2D eigenvalue weighted by atomic mass is 35.5. The van der Waals surface area contributed by atoms with Crippen LogP contribution in [-0.4, -0.2) is 49.5 Å². The Bertz CT molecular complexity index is 886. The minimum absolute atomic E-state index is 0.0838. The number of benzene rings is 2. The first kappa shape index (κ1) is 23.5. The number of alkyl halides is 3. The average molecular weight is 477 g/mol. The van der Waals surface area contributed by atoms with Crippen LogP contribution in [0.4, 0.5) is 13.2 Å². The van der Waals surface area contributed by atoms with Gasteiger partial charge in [-0.3, -0.25) is 4.79 Å². The summed E-state index contributed by atoms with van der Waals surface area (Å²) in [6, 6.07) is 10.0. The van der Waals surface area contributed by atoms with E-state index in [0.717, 1.165) is 38.1 Å². The molecule has 1 N–H and O–H groups in total. The molecular formula is C21H21Cl2F3N2O3. The molecule has 0 unspecified atom stereocenters. The van der Waals surface area contributed by atoms with Gasteiger partial charge in [-0.25, -0.2) is 0 Å². The lowest BCUT2D eigenvalue weighted by Gasteiger charge is -2.32. The van der Waals surface area contributed by atoms with Gasteiger partial charge >= 0.3 is 6.36 Å². The van der Waals surface area contributed by atoms with Gasteiger partial charge in [0.2, 0.25) is 0 Å². The number of piperidine rings is 1. The zero-order chi connectivity index (χ0) is 22.4. The second-order valence-electron chi connectivity index (χ2n) is 7.06. The van der Waals surface area contributed by atoms with Gasteiger partial charge in [0.25, 0.3) is 5.91 Å². The number of likely N-dealkylation sites (tertiary alicyclic amines) is 1. The Labute approximate surface area is 188 Å². The maximum Gasteiger partial charge on any atom is 0.573 e. The Morgan fingerprint density at radius 3 is 2.29 bits per heavy atom. The van der Waals surface area contributed by atoms with Crippen molar-refractivity contribution in [2.45, 2.75) is 25.3 Å². The maximum atomic E-state index is 12.2. The van der Waals surface area contributed by atoms with Gasteiger partial charge in [0, 0.05) is 37.8 Å². The molecule has 1 saturated heterocycles. The van der Waals surface area contributed by atoms with Crippen LogP contribution in [0.1, 0.15) is 23.2 Å². The van der Waals surface area contributed by atoms with E-state index in [0.29, 0.717) is 28.9 Å². The molecule has 0 spiro atoms. The summed E-state index contributed by atoms with van der Waals surface area (Å²) < 4.78 is 46.3. The van der Waals surface area contributed by atoms with Gasteiger partial charge in [-0.05, 0) is 49.2 Å². The second kappa shape index (κ2) is 10.4. The number of rotatable bonds is 7. The van der Waals surface area contributed by atoms with Crippen LogP contribution in [0.2, 0.25) is 10.0 Å². The van der Waals surface area contributed by atoms with Crippen molar-refractivity contribution in [3.8, 4) is 11.5 Å². The molecule has 2 aromatic rings. The largest absolute Gasteiger partial charge is 0.573 e. The van der Waals surface area contributed by atoms with E-state index in [1.54, 1.807) is 18.2 Å². The molecule has 1 fully saturated rings. The quantitative estimate of drug-likeness (QED) is 0.599. The Hall–Kier alpha value is -2.16. The minimum atomic E-state index is -4.76. The number of halogens is 5. The predicted molar refractivity (Wildman–Crippen MR) is 112 cm³/mol. The van der Waals surface area contributed by atoms with E-state index in [9.17, 15) is 18.0 Å². The van der Waals surface area contributed by atoms with E-state index in [4.69, 9.17) is 27.9 Å². The van der Waals surface area contributed by atoms with Crippen LogP contribution >= 0.6 is 23.2 Å². The van der Waals surface area contributed by atoms with Crippen LogP contribution in [0.15, 0.2) is 42.5 Å². The lowest BCUT2D eigenvalue weighted by molar-refractivity contribution is -0.274. The predicted octanol–water partition coefficient (Wildman–Crippen LogP) is 5.17. The molecule has 0 saturated carbocycles. The number of nitrogens with zero attached hydrogens (tertiary/aromatic N) is 1. The monoisotopic (exact) mass is 476 g/mol. The summed E-state index contributed by atoms with van der Waals surface area (Å²) in [5.74, 6) is -0.0295. The first-order chi connectivity index (χ1) is 14.7. The lowest BCUT2D eigenvalue weighted by atomic mass is 10.1. The van der Waals surface area contributed by atoms with Gasteiger partial charge in [0.1, 0.15) is 17.6 Å². The number of hydrogen-bond acceptors (Lipinski definition) is 4. The number of hydrogen-bond donors (Lipinski definition) is 1. The van der Waals surface area contributed by atoms with Gasteiger partial charge in [0.05, 0.1) is 10.0 Å². The van der Waals surface area contributed by atoms with Gasteiger partial charge in [0.15, 0.2) is 0 Å². The van der Waals surface area contributed by atoms with Gasteiger partial charge < -0.3 is 19.7 Å². The summed E-state index contributed by atoms with van der Waals surface area (Å²) in [4.78, 5) is 14.4. The maximum absolute atomic E-state index is 12.2. The van der Waals surface area contributed by atoms with Crippen molar-refractivity contribution in [1.82, 2.24) is 10.2 Å². The fraction of sp³-hybridized carbons (Fsp3) is 0.381. The third-order valence-corrected chi connectivity index (χ3v) is 5.53. The molecule has 1 amide bonds. The first-order valence-electron chi connectivity index (χ1n) is 9.68. The fourth-order valence-corrected chi connectivity index (χ4v) is 3.52. The molecule has 0 atom stereocenters. The lowest BCUT2D eigenvalue weighted by Crippen LogP contribution is -2.42. The number of amides is 1. The molecule has 0 radical (unpaired) electrons. The Morgan fingerprint density at radius 1 is 1.03 bits per heavy atom. The second-order valence-corrected chi connectivity index (χ2v) is 7.88. The summed E-state index contributed by atoms with van der Waals surface area (Å²) in [6.45, 7) is 2.75. The first-order valence-corrected chi connectivity index (χ1v) is 10.4. The number of carbonyl (C=O) groups is 1. The van der Waals surface area contributed by atoms with Crippen LogP contribution in [0.3, 0.4) is 0 Å². The van der Waals surface area contributed by atoms with Crippen molar-refractivity contribution in [2.24, 2.45) is 0 Å². The molecule has 1 heterocycles. The molecule has 31 heavy (non-hydrogen) atoms. The zero-order valence-corrected chi connectivity index (χ0v) is 17.9. The average Bonchev–Trinajstić information content (AvgIpc) is 2.71. The highest BCUT2D eigenvalue weighted by Crippen LogP contribution is 2.28. The molecule has 10 heteroatoms. The Balaban J connectivity index is 1.37. The van der Waals surface area contributed by atoms with E-state index >= 15 is 0 Å².